The first kappa shape index (κ1) is 21.3. The molecule has 2 aromatic rings. The van der Waals surface area contributed by atoms with E-state index in [9.17, 15) is 4.79 Å². The molecule has 1 aromatic heterocycles. The number of thiophene rings is 1. The monoisotopic (exact) mass is 428 g/mol. The van der Waals surface area contributed by atoms with Crippen molar-refractivity contribution >= 4 is 22.9 Å². The molecule has 1 saturated carbocycles. The third-order valence-corrected chi connectivity index (χ3v) is 7.32. The number of methoxy groups -OCH3 is 1. The SMILES string of the molecule is COc1ccsc1CNCC(=O)N(c1ccc(C)cc1)C1CCOC2(CCCC2)C1. The Labute approximate surface area is 183 Å². The molecule has 1 atom stereocenters. The molecule has 30 heavy (non-hydrogen) atoms. The van der Waals surface area contributed by atoms with Crippen molar-refractivity contribution in [3.8, 4) is 5.75 Å². The van der Waals surface area contributed by atoms with Gasteiger partial charge in [0.15, 0.2) is 0 Å². The number of hydrogen-bond acceptors (Lipinski definition) is 5. The average Bonchev–Trinajstić information content (AvgIpc) is 3.39. The Morgan fingerprint density at radius 1 is 1.27 bits per heavy atom. The van der Waals surface area contributed by atoms with Crippen molar-refractivity contribution in [2.24, 2.45) is 0 Å². The Bertz CT molecular complexity index is 842. The van der Waals surface area contributed by atoms with Crippen molar-refractivity contribution in [3.05, 3.63) is 46.2 Å². The molecule has 1 N–H and O–H groups in total. The van der Waals surface area contributed by atoms with E-state index in [-0.39, 0.29) is 17.6 Å². The number of amides is 1. The van der Waals surface area contributed by atoms with Crippen LogP contribution in [0.1, 0.15) is 49.0 Å². The number of nitrogens with one attached hydrogen (secondary N) is 1. The second kappa shape index (κ2) is 9.50. The van der Waals surface area contributed by atoms with Crippen LogP contribution in [0, 0.1) is 6.92 Å². The van der Waals surface area contributed by atoms with E-state index in [0.29, 0.717) is 13.1 Å². The minimum Gasteiger partial charge on any atom is -0.496 e. The van der Waals surface area contributed by atoms with Crippen LogP contribution in [0.3, 0.4) is 0 Å². The normalized spacial score (nSPS) is 20.4. The van der Waals surface area contributed by atoms with E-state index in [2.05, 4.69) is 36.5 Å². The molecule has 6 heteroatoms. The smallest absolute Gasteiger partial charge is 0.241 e. The number of aryl methyl sites for hydroxylation is 1. The summed E-state index contributed by atoms with van der Waals surface area (Å²) >= 11 is 1.64. The highest BCUT2D eigenvalue weighted by Gasteiger charge is 2.42. The number of nitrogens with zero attached hydrogens (tertiary/aromatic N) is 1. The molecular weight excluding hydrogens is 396 g/mol. The number of carbonyl (C=O) groups is 1. The zero-order chi connectivity index (χ0) is 21.0. The Morgan fingerprint density at radius 2 is 2.03 bits per heavy atom. The van der Waals surface area contributed by atoms with E-state index in [0.717, 1.165) is 48.6 Å². The van der Waals surface area contributed by atoms with Gasteiger partial charge in [0.2, 0.25) is 5.91 Å². The Kier molecular flexibility index (Phi) is 6.76. The zero-order valence-electron chi connectivity index (χ0n) is 18.0. The first-order chi connectivity index (χ1) is 14.6. The zero-order valence-corrected chi connectivity index (χ0v) is 18.8. The largest absolute Gasteiger partial charge is 0.496 e. The maximum absolute atomic E-state index is 13.4. The predicted octanol–water partition coefficient (Wildman–Crippen LogP) is 4.68. The number of anilines is 1. The summed E-state index contributed by atoms with van der Waals surface area (Å²) in [7, 11) is 1.68. The van der Waals surface area contributed by atoms with Crippen molar-refractivity contribution in [1.29, 1.82) is 0 Å². The summed E-state index contributed by atoms with van der Waals surface area (Å²) in [6, 6.07) is 10.5. The molecular formula is C24H32N2O3S. The standard InChI is InChI=1S/C24H32N2O3S/c1-18-5-7-19(8-6-18)26(20-9-13-29-24(15-20)11-3-4-12-24)23(27)17-25-16-22-21(28-2)10-14-30-22/h5-8,10,14,20,25H,3-4,9,11-13,15-17H2,1-2H3. The molecule has 1 spiro atoms. The lowest BCUT2D eigenvalue weighted by Gasteiger charge is -2.43. The van der Waals surface area contributed by atoms with Crippen molar-refractivity contribution in [1.82, 2.24) is 5.32 Å². The highest BCUT2D eigenvalue weighted by molar-refractivity contribution is 7.10. The lowest BCUT2D eigenvalue weighted by molar-refractivity contribution is -0.120. The molecule has 2 aliphatic rings. The van der Waals surface area contributed by atoms with E-state index in [1.807, 2.05) is 16.3 Å². The van der Waals surface area contributed by atoms with Crippen LogP contribution in [0.5, 0.6) is 5.75 Å². The van der Waals surface area contributed by atoms with Gasteiger partial charge in [-0.1, -0.05) is 30.5 Å². The van der Waals surface area contributed by atoms with Crippen LogP contribution in [-0.4, -0.2) is 37.8 Å². The maximum Gasteiger partial charge on any atom is 0.241 e. The van der Waals surface area contributed by atoms with Gasteiger partial charge in [0.05, 0.1) is 24.1 Å². The van der Waals surface area contributed by atoms with E-state index in [4.69, 9.17) is 9.47 Å². The van der Waals surface area contributed by atoms with Gasteiger partial charge in [0, 0.05) is 24.9 Å². The second-order valence-corrected chi connectivity index (χ2v) is 9.50. The fourth-order valence-electron chi connectivity index (χ4n) is 4.86. The van der Waals surface area contributed by atoms with Gasteiger partial charge in [0.25, 0.3) is 0 Å². The summed E-state index contributed by atoms with van der Waals surface area (Å²) in [5.74, 6) is 0.998. The molecule has 1 aliphatic heterocycles. The molecule has 0 bridgehead atoms. The lowest BCUT2D eigenvalue weighted by atomic mass is 9.87. The molecule has 0 radical (unpaired) electrons. The summed E-state index contributed by atoms with van der Waals surface area (Å²) < 4.78 is 11.6. The van der Waals surface area contributed by atoms with Gasteiger partial charge in [-0.05, 0) is 56.2 Å². The molecule has 1 aromatic carbocycles. The number of benzene rings is 1. The molecule has 4 rings (SSSR count). The molecule has 2 heterocycles. The lowest BCUT2D eigenvalue weighted by Crippen LogP contribution is -2.51. The summed E-state index contributed by atoms with van der Waals surface area (Å²) in [6.07, 6.45) is 6.53. The van der Waals surface area contributed by atoms with E-state index in [1.165, 1.54) is 18.4 Å². The number of rotatable bonds is 7. The van der Waals surface area contributed by atoms with Gasteiger partial charge < -0.3 is 19.7 Å². The maximum atomic E-state index is 13.4. The Balaban J connectivity index is 1.48. The molecule has 162 valence electrons. The topological polar surface area (TPSA) is 50.8 Å². The molecule has 1 unspecified atom stereocenters. The van der Waals surface area contributed by atoms with Gasteiger partial charge >= 0.3 is 0 Å². The van der Waals surface area contributed by atoms with Crippen LogP contribution in [0.2, 0.25) is 0 Å². The number of ether oxygens (including phenoxy) is 2. The molecule has 1 saturated heterocycles. The second-order valence-electron chi connectivity index (χ2n) is 8.50. The number of carbonyl (C=O) groups excluding carboxylic acids is 1. The van der Waals surface area contributed by atoms with Crippen molar-refractivity contribution in [2.75, 3.05) is 25.2 Å². The van der Waals surface area contributed by atoms with E-state index in [1.54, 1.807) is 18.4 Å². The first-order valence-corrected chi connectivity index (χ1v) is 11.8. The molecule has 5 nitrogen and oxygen atoms in total. The van der Waals surface area contributed by atoms with Crippen LogP contribution in [0.25, 0.3) is 0 Å². The minimum absolute atomic E-state index is 0.0239. The van der Waals surface area contributed by atoms with Crippen LogP contribution in [0.4, 0.5) is 5.69 Å². The van der Waals surface area contributed by atoms with Gasteiger partial charge in [-0.3, -0.25) is 4.79 Å². The summed E-state index contributed by atoms with van der Waals surface area (Å²) in [5, 5.41) is 5.35. The minimum atomic E-state index is -0.0239. The molecule has 1 amide bonds. The van der Waals surface area contributed by atoms with Gasteiger partial charge in [0.1, 0.15) is 5.75 Å². The average molecular weight is 429 g/mol. The third-order valence-electron chi connectivity index (χ3n) is 6.41. The number of hydrogen-bond donors (Lipinski definition) is 1. The van der Waals surface area contributed by atoms with E-state index >= 15 is 0 Å². The first-order valence-electron chi connectivity index (χ1n) is 10.9. The molecule has 2 fully saturated rings. The van der Waals surface area contributed by atoms with Crippen molar-refractivity contribution in [2.45, 2.75) is 63.6 Å². The van der Waals surface area contributed by atoms with Crippen LogP contribution >= 0.6 is 11.3 Å². The van der Waals surface area contributed by atoms with Gasteiger partial charge in [-0.2, -0.15) is 0 Å². The molecule has 1 aliphatic carbocycles. The highest BCUT2D eigenvalue weighted by atomic mass is 32.1. The van der Waals surface area contributed by atoms with Gasteiger partial charge in [-0.25, -0.2) is 0 Å². The van der Waals surface area contributed by atoms with Crippen LogP contribution in [0.15, 0.2) is 35.7 Å². The third kappa shape index (κ3) is 4.71. The summed E-state index contributed by atoms with van der Waals surface area (Å²) in [5.41, 5.74) is 2.17. The predicted molar refractivity (Wildman–Crippen MR) is 121 cm³/mol. The van der Waals surface area contributed by atoms with E-state index < -0.39 is 0 Å². The Morgan fingerprint density at radius 3 is 2.77 bits per heavy atom. The summed E-state index contributed by atoms with van der Waals surface area (Å²) in [6.45, 7) is 3.75. The van der Waals surface area contributed by atoms with Crippen molar-refractivity contribution in [3.63, 3.8) is 0 Å². The highest BCUT2D eigenvalue weighted by Crippen LogP contribution is 2.42. The summed E-state index contributed by atoms with van der Waals surface area (Å²) in [4.78, 5) is 16.6. The fourth-order valence-corrected chi connectivity index (χ4v) is 5.67. The quantitative estimate of drug-likeness (QED) is 0.696. The fraction of sp³-hybridized carbons (Fsp3) is 0.542. The van der Waals surface area contributed by atoms with Gasteiger partial charge in [-0.15, -0.1) is 11.3 Å². The van der Waals surface area contributed by atoms with Crippen LogP contribution < -0.4 is 15.0 Å². The Hall–Kier alpha value is -1.89. The van der Waals surface area contributed by atoms with Crippen LogP contribution in [-0.2, 0) is 16.1 Å². The van der Waals surface area contributed by atoms with Crippen molar-refractivity contribution < 1.29 is 14.3 Å².